The van der Waals surface area contributed by atoms with Crippen molar-refractivity contribution in [3.63, 3.8) is 0 Å². The summed E-state index contributed by atoms with van der Waals surface area (Å²) in [6.45, 7) is 11.2. The van der Waals surface area contributed by atoms with Crippen molar-refractivity contribution < 1.29 is 9.63 Å². The third-order valence-corrected chi connectivity index (χ3v) is 3.78. The molecule has 1 aliphatic rings. The topological polar surface area (TPSA) is 32.8 Å². The Kier molecular flexibility index (Phi) is 5.01. The van der Waals surface area contributed by atoms with Gasteiger partial charge in [-0.3, -0.25) is 4.90 Å². The van der Waals surface area contributed by atoms with Crippen LogP contribution in [0.5, 0.6) is 0 Å². The van der Waals surface area contributed by atoms with Gasteiger partial charge in [0.15, 0.2) is 0 Å². The van der Waals surface area contributed by atoms with Gasteiger partial charge in [-0.25, -0.2) is 4.79 Å². The van der Waals surface area contributed by atoms with Crippen LogP contribution in [0.3, 0.4) is 0 Å². The Labute approximate surface area is 127 Å². The molecule has 0 N–H and O–H groups in total. The molecule has 1 unspecified atom stereocenters. The van der Waals surface area contributed by atoms with Crippen molar-refractivity contribution in [2.45, 2.75) is 40.3 Å². The standard InChI is InChI=1S/C17H26N2O2/c1-14-12-19(21-16(20)17(2,3)4)11-10-18(14)13-15-8-6-5-7-9-15/h5-9,14H,10-13H2,1-4H3. The number of rotatable bonds is 3. The number of nitrogens with zero attached hydrogens (tertiary/aromatic N) is 2. The number of hydrogen-bond donors (Lipinski definition) is 0. The van der Waals surface area contributed by atoms with Crippen molar-refractivity contribution in [1.29, 1.82) is 0 Å². The molecule has 1 saturated heterocycles. The van der Waals surface area contributed by atoms with Gasteiger partial charge in [-0.2, -0.15) is 0 Å². The molecule has 1 aromatic carbocycles. The summed E-state index contributed by atoms with van der Waals surface area (Å²) >= 11 is 0. The summed E-state index contributed by atoms with van der Waals surface area (Å²) in [5.74, 6) is -0.161. The van der Waals surface area contributed by atoms with Gasteiger partial charge in [0.2, 0.25) is 0 Å². The zero-order valence-electron chi connectivity index (χ0n) is 13.5. The van der Waals surface area contributed by atoms with Crippen molar-refractivity contribution in [1.82, 2.24) is 9.96 Å². The first-order valence-corrected chi connectivity index (χ1v) is 7.61. The summed E-state index contributed by atoms with van der Waals surface area (Å²) in [6.07, 6.45) is 0. The number of carbonyl (C=O) groups is 1. The lowest BCUT2D eigenvalue weighted by atomic mass is 9.98. The Bertz CT molecular complexity index is 467. The van der Waals surface area contributed by atoms with E-state index in [-0.39, 0.29) is 5.97 Å². The first-order valence-electron chi connectivity index (χ1n) is 7.61. The summed E-state index contributed by atoms with van der Waals surface area (Å²) in [4.78, 5) is 19.9. The van der Waals surface area contributed by atoms with E-state index in [2.05, 4.69) is 36.1 Å². The maximum Gasteiger partial charge on any atom is 0.330 e. The fourth-order valence-electron chi connectivity index (χ4n) is 2.35. The lowest BCUT2D eigenvalue weighted by Crippen LogP contribution is -2.52. The Hall–Kier alpha value is -1.39. The van der Waals surface area contributed by atoms with Gasteiger partial charge in [-0.05, 0) is 33.3 Å². The van der Waals surface area contributed by atoms with E-state index in [9.17, 15) is 4.79 Å². The summed E-state index contributed by atoms with van der Waals surface area (Å²) in [5, 5.41) is 1.81. The van der Waals surface area contributed by atoms with Crippen LogP contribution in [0.25, 0.3) is 0 Å². The molecule has 21 heavy (non-hydrogen) atoms. The highest BCUT2D eigenvalue weighted by atomic mass is 16.7. The van der Waals surface area contributed by atoms with E-state index in [4.69, 9.17) is 4.84 Å². The van der Waals surface area contributed by atoms with Crippen LogP contribution < -0.4 is 0 Å². The number of carbonyl (C=O) groups excluding carboxylic acids is 1. The minimum Gasteiger partial charge on any atom is -0.367 e. The minimum absolute atomic E-state index is 0.161. The van der Waals surface area contributed by atoms with Gasteiger partial charge in [0, 0.05) is 25.7 Å². The zero-order chi connectivity index (χ0) is 15.5. The highest BCUT2D eigenvalue weighted by molar-refractivity contribution is 5.75. The van der Waals surface area contributed by atoms with E-state index >= 15 is 0 Å². The van der Waals surface area contributed by atoms with E-state index in [1.165, 1.54) is 5.56 Å². The van der Waals surface area contributed by atoms with Gasteiger partial charge in [0.05, 0.1) is 12.0 Å². The molecule has 1 heterocycles. The molecule has 4 heteroatoms. The predicted molar refractivity (Wildman–Crippen MR) is 83.4 cm³/mol. The van der Waals surface area contributed by atoms with Gasteiger partial charge >= 0.3 is 5.97 Å². The van der Waals surface area contributed by atoms with E-state index in [1.54, 1.807) is 5.06 Å². The number of benzene rings is 1. The maximum atomic E-state index is 11.9. The smallest absolute Gasteiger partial charge is 0.330 e. The molecule has 1 aliphatic heterocycles. The van der Waals surface area contributed by atoms with E-state index in [0.29, 0.717) is 6.04 Å². The van der Waals surface area contributed by atoms with Crippen LogP contribution in [0, 0.1) is 5.41 Å². The summed E-state index contributed by atoms with van der Waals surface area (Å²) in [6, 6.07) is 10.9. The highest BCUT2D eigenvalue weighted by Crippen LogP contribution is 2.19. The second-order valence-electron chi connectivity index (χ2n) is 6.82. The molecule has 4 nitrogen and oxygen atoms in total. The zero-order valence-corrected chi connectivity index (χ0v) is 13.5. The Morgan fingerprint density at radius 3 is 2.48 bits per heavy atom. The predicted octanol–water partition coefficient (Wildman–Crippen LogP) is 2.70. The van der Waals surface area contributed by atoms with E-state index < -0.39 is 5.41 Å². The summed E-state index contributed by atoms with van der Waals surface area (Å²) in [5.41, 5.74) is 0.870. The van der Waals surface area contributed by atoms with Crippen LogP contribution in [-0.2, 0) is 16.2 Å². The molecule has 0 aliphatic carbocycles. The van der Waals surface area contributed by atoms with Crippen molar-refractivity contribution in [2.75, 3.05) is 19.6 Å². The van der Waals surface area contributed by atoms with Gasteiger partial charge in [-0.1, -0.05) is 30.3 Å². The largest absolute Gasteiger partial charge is 0.367 e. The van der Waals surface area contributed by atoms with Crippen molar-refractivity contribution in [3.05, 3.63) is 35.9 Å². The van der Waals surface area contributed by atoms with Crippen molar-refractivity contribution in [3.8, 4) is 0 Å². The van der Waals surface area contributed by atoms with Crippen LogP contribution in [0.15, 0.2) is 30.3 Å². The molecule has 0 spiro atoms. The lowest BCUT2D eigenvalue weighted by molar-refractivity contribution is -0.211. The van der Waals surface area contributed by atoms with Crippen LogP contribution >= 0.6 is 0 Å². The molecular weight excluding hydrogens is 264 g/mol. The molecular formula is C17H26N2O2. The first-order chi connectivity index (χ1) is 9.86. The van der Waals surface area contributed by atoms with Gasteiger partial charge in [0.25, 0.3) is 0 Å². The van der Waals surface area contributed by atoms with Crippen LogP contribution in [-0.4, -0.2) is 41.6 Å². The second-order valence-corrected chi connectivity index (χ2v) is 6.82. The summed E-state index contributed by atoms with van der Waals surface area (Å²) < 4.78 is 0. The Morgan fingerprint density at radius 1 is 1.24 bits per heavy atom. The van der Waals surface area contributed by atoms with Crippen LogP contribution in [0.2, 0.25) is 0 Å². The molecule has 116 valence electrons. The molecule has 0 amide bonds. The molecule has 1 aromatic rings. The van der Waals surface area contributed by atoms with Crippen LogP contribution in [0.1, 0.15) is 33.3 Å². The molecule has 2 rings (SSSR count). The van der Waals surface area contributed by atoms with Crippen LogP contribution in [0.4, 0.5) is 0 Å². The molecule has 1 fully saturated rings. The third-order valence-electron chi connectivity index (χ3n) is 3.78. The molecule has 1 atom stereocenters. The van der Waals surface area contributed by atoms with E-state index in [0.717, 1.165) is 26.2 Å². The fraction of sp³-hybridized carbons (Fsp3) is 0.588. The number of hydrogen-bond acceptors (Lipinski definition) is 4. The quantitative estimate of drug-likeness (QED) is 0.857. The fourth-order valence-corrected chi connectivity index (χ4v) is 2.35. The lowest BCUT2D eigenvalue weighted by Gasteiger charge is -2.39. The normalized spacial score (nSPS) is 21.2. The summed E-state index contributed by atoms with van der Waals surface area (Å²) in [7, 11) is 0. The molecule has 0 radical (unpaired) electrons. The monoisotopic (exact) mass is 290 g/mol. The average molecular weight is 290 g/mol. The molecule has 0 bridgehead atoms. The second kappa shape index (κ2) is 6.58. The third kappa shape index (κ3) is 4.55. The Morgan fingerprint density at radius 2 is 1.90 bits per heavy atom. The average Bonchev–Trinajstić information content (AvgIpc) is 2.42. The number of piperazine rings is 1. The van der Waals surface area contributed by atoms with E-state index in [1.807, 2.05) is 26.8 Å². The highest BCUT2D eigenvalue weighted by Gasteiger charge is 2.30. The SMILES string of the molecule is CC1CN(OC(=O)C(C)(C)C)CCN1Cc1ccccc1. The van der Waals surface area contributed by atoms with Crippen molar-refractivity contribution >= 4 is 5.97 Å². The number of hydroxylamine groups is 2. The van der Waals surface area contributed by atoms with Gasteiger partial charge in [0.1, 0.15) is 0 Å². The minimum atomic E-state index is -0.454. The van der Waals surface area contributed by atoms with Gasteiger partial charge < -0.3 is 4.84 Å². The van der Waals surface area contributed by atoms with Gasteiger partial charge in [-0.15, -0.1) is 5.06 Å². The molecule has 0 saturated carbocycles. The first kappa shape index (κ1) is 16.0. The van der Waals surface area contributed by atoms with Crippen molar-refractivity contribution in [2.24, 2.45) is 5.41 Å². The maximum absolute atomic E-state index is 11.9. The molecule has 0 aromatic heterocycles. The Balaban J connectivity index is 1.86.